The van der Waals surface area contributed by atoms with Crippen LogP contribution in [0.2, 0.25) is 0 Å². The fourth-order valence-electron chi connectivity index (χ4n) is 11.3. The summed E-state index contributed by atoms with van der Waals surface area (Å²) in [6.07, 6.45) is 23.3. The van der Waals surface area contributed by atoms with E-state index in [1.165, 1.54) is 103 Å². The van der Waals surface area contributed by atoms with E-state index in [0.29, 0.717) is 11.5 Å². The van der Waals surface area contributed by atoms with Gasteiger partial charge in [0, 0.05) is 6.04 Å². The Morgan fingerprint density at radius 3 is 1.92 bits per heavy atom. The van der Waals surface area contributed by atoms with Crippen molar-refractivity contribution in [2.45, 2.75) is 157 Å². The number of rotatable bonds is 10. The van der Waals surface area contributed by atoms with Crippen molar-refractivity contribution < 1.29 is 0 Å². The third kappa shape index (κ3) is 6.65. The zero-order valence-electron chi connectivity index (χ0n) is 26.3. The highest BCUT2D eigenvalue weighted by molar-refractivity contribution is 5.03. The highest BCUT2D eigenvalue weighted by Crippen LogP contribution is 2.62. The molecule has 4 fully saturated rings. The first-order chi connectivity index (χ1) is 17.6. The van der Waals surface area contributed by atoms with E-state index >= 15 is 0 Å². The number of nitrogens with two attached hydrogens (primary N) is 1. The molecule has 4 aliphatic rings. The van der Waals surface area contributed by atoms with Crippen LogP contribution in [0.15, 0.2) is 0 Å². The maximum absolute atomic E-state index is 6.45. The molecule has 0 aliphatic heterocycles. The van der Waals surface area contributed by atoms with Gasteiger partial charge in [0.1, 0.15) is 0 Å². The maximum atomic E-state index is 6.45. The first kappa shape index (κ1) is 29.9. The fraction of sp³-hybridized carbons (Fsp3) is 1.00. The van der Waals surface area contributed by atoms with E-state index in [1.807, 2.05) is 0 Å². The second-order valence-electron chi connectivity index (χ2n) is 16.1. The van der Waals surface area contributed by atoms with Crippen LogP contribution < -0.4 is 5.73 Å². The third-order valence-electron chi connectivity index (χ3n) is 13.4. The molecule has 0 heterocycles. The molecule has 0 spiro atoms. The molecular weight excluding hydrogens is 446 g/mol. The Balaban J connectivity index is 1.66. The lowest BCUT2D eigenvalue weighted by Gasteiger charge is -2.54. The molecule has 0 bridgehead atoms. The van der Waals surface area contributed by atoms with Gasteiger partial charge in [-0.3, -0.25) is 0 Å². The summed E-state index contributed by atoms with van der Waals surface area (Å²) in [5, 5.41) is 0. The van der Waals surface area contributed by atoms with E-state index in [0.717, 1.165) is 65.1 Å². The van der Waals surface area contributed by atoms with Crippen molar-refractivity contribution in [3.63, 3.8) is 0 Å². The standard InChI is InChI=1S/C36H67N/c1-24(2)32-15-11-17-34(32)36(7,33-16-10-13-27(33)6)35(25(3)4)23-30(28-18-20-31(37)21-19-28)22-29-14-9-8-12-26(29)5/h24-35H,8-23,37H2,1-7H3. The van der Waals surface area contributed by atoms with E-state index in [2.05, 4.69) is 48.5 Å². The van der Waals surface area contributed by atoms with Gasteiger partial charge in [-0.1, -0.05) is 93.4 Å². The second-order valence-corrected chi connectivity index (χ2v) is 16.1. The topological polar surface area (TPSA) is 26.0 Å². The Morgan fingerprint density at radius 1 is 0.703 bits per heavy atom. The monoisotopic (exact) mass is 514 g/mol. The molecule has 1 nitrogen and oxygen atoms in total. The highest BCUT2D eigenvalue weighted by Gasteiger charge is 2.54. The van der Waals surface area contributed by atoms with Gasteiger partial charge >= 0.3 is 0 Å². The smallest absolute Gasteiger partial charge is 0.00390 e. The molecule has 0 radical (unpaired) electrons. The van der Waals surface area contributed by atoms with Crippen molar-refractivity contribution in [3.05, 3.63) is 0 Å². The maximum Gasteiger partial charge on any atom is 0.00390 e. The molecule has 0 aromatic heterocycles. The van der Waals surface area contributed by atoms with Gasteiger partial charge in [-0.2, -0.15) is 0 Å². The molecule has 0 aromatic rings. The van der Waals surface area contributed by atoms with Gasteiger partial charge in [0.25, 0.3) is 0 Å². The Bertz CT molecular complexity index is 674. The molecule has 216 valence electrons. The van der Waals surface area contributed by atoms with Gasteiger partial charge in [-0.25, -0.2) is 0 Å². The summed E-state index contributed by atoms with van der Waals surface area (Å²) < 4.78 is 0. The van der Waals surface area contributed by atoms with E-state index < -0.39 is 0 Å². The average Bonchev–Trinajstić information content (AvgIpc) is 3.53. The van der Waals surface area contributed by atoms with Gasteiger partial charge in [0.2, 0.25) is 0 Å². The van der Waals surface area contributed by atoms with Gasteiger partial charge in [-0.15, -0.1) is 0 Å². The van der Waals surface area contributed by atoms with E-state index in [-0.39, 0.29) is 0 Å². The Morgan fingerprint density at radius 2 is 1.32 bits per heavy atom. The molecule has 2 N–H and O–H groups in total. The minimum Gasteiger partial charge on any atom is -0.328 e. The highest BCUT2D eigenvalue weighted by atomic mass is 14.6. The molecule has 4 saturated carbocycles. The van der Waals surface area contributed by atoms with Crippen molar-refractivity contribution >= 4 is 0 Å². The predicted octanol–water partition coefficient (Wildman–Crippen LogP) is 10.5. The van der Waals surface area contributed by atoms with Crippen molar-refractivity contribution in [3.8, 4) is 0 Å². The van der Waals surface area contributed by atoms with E-state index in [1.54, 1.807) is 0 Å². The van der Waals surface area contributed by atoms with Crippen LogP contribution in [-0.4, -0.2) is 6.04 Å². The molecule has 9 unspecified atom stereocenters. The zero-order valence-corrected chi connectivity index (χ0v) is 26.3. The summed E-state index contributed by atoms with van der Waals surface area (Å²) >= 11 is 0. The van der Waals surface area contributed by atoms with E-state index in [4.69, 9.17) is 5.73 Å². The van der Waals surface area contributed by atoms with Crippen molar-refractivity contribution in [2.75, 3.05) is 0 Å². The molecule has 0 amide bonds. The lowest BCUT2D eigenvalue weighted by atomic mass is 9.51. The minimum absolute atomic E-state index is 0.473. The molecular formula is C36H67N. The lowest BCUT2D eigenvalue weighted by molar-refractivity contribution is -0.0592. The lowest BCUT2D eigenvalue weighted by Crippen LogP contribution is -2.48. The van der Waals surface area contributed by atoms with Crippen molar-refractivity contribution in [1.82, 2.24) is 0 Å². The van der Waals surface area contributed by atoms with Crippen molar-refractivity contribution in [1.29, 1.82) is 0 Å². The van der Waals surface area contributed by atoms with Crippen LogP contribution in [0.4, 0.5) is 0 Å². The second kappa shape index (κ2) is 13.1. The molecule has 4 aliphatic carbocycles. The molecule has 4 rings (SSSR count). The fourth-order valence-corrected chi connectivity index (χ4v) is 11.3. The van der Waals surface area contributed by atoms with Crippen molar-refractivity contribution in [2.24, 2.45) is 76.2 Å². The van der Waals surface area contributed by atoms with E-state index in [9.17, 15) is 0 Å². The Labute approximate surface area is 233 Å². The summed E-state index contributed by atoms with van der Waals surface area (Å²) in [7, 11) is 0. The zero-order chi connectivity index (χ0) is 26.7. The van der Waals surface area contributed by atoms with Crippen LogP contribution >= 0.6 is 0 Å². The summed E-state index contributed by atoms with van der Waals surface area (Å²) in [6, 6.07) is 0.473. The van der Waals surface area contributed by atoms with Gasteiger partial charge in [0.15, 0.2) is 0 Å². The third-order valence-corrected chi connectivity index (χ3v) is 13.4. The summed E-state index contributed by atoms with van der Waals surface area (Å²) in [5.74, 6) is 10.1. The normalized spacial score (nSPS) is 40.7. The van der Waals surface area contributed by atoms with Crippen LogP contribution in [0.25, 0.3) is 0 Å². The molecule has 0 saturated heterocycles. The van der Waals surface area contributed by atoms with Crippen LogP contribution in [-0.2, 0) is 0 Å². The summed E-state index contributed by atoms with van der Waals surface area (Å²) in [5.41, 5.74) is 6.96. The average molecular weight is 514 g/mol. The largest absolute Gasteiger partial charge is 0.328 e. The molecule has 1 heteroatoms. The Kier molecular flexibility index (Phi) is 10.6. The molecule has 0 aromatic carbocycles. The molecule has 37 heavy (non-hydrogen) atoms. The summed E-state index contributed by atoms with van der Waals surface area (Å²) in [6.45, 7) is 18.4. The van der Waals surface area contributed by atoms with Gasteiger partial charge in [-0.05, 0) is 128 Å². The number of hydrogen-bond donors (Lipinski definition) is 1. The first-order valence-corrected chi connectivity index (χ1v) is 17.4. The quantitative estimate of drug-likeness (QED) is 0.309. The van der Waals surface area contributed by atoms with Crippen LogP contribution in [0.5, 0.6) is 0 Å². The van der Waals surface area contributed by atoms with Crippen LogP contribution in [0, 0.1) is 70.5 Å². The SMILES string of the molecule is CC(C)C1CCCC1C(C)(C(CC(CC1CCCCC1C)C1CCC(N)CC1)C(C)C)C1CCCC1C. The van der Waals surface area contributed by atoms with Gasteiger partial charge < -0.3 is 5.73 Å². The minimum atomic E-state index is 0.473. The predicted molar refractivity (Wildman–Crippen MR) is 162 cm³/mol. The number of hydrogen-bond acceptors (Lipinski definition) is 1. The Hall–Kier alpha value is -0.0400. The molecule has 9 atom stereocenters. The first-order valence-electron chi connectivity index (χ1n) is 17.4. The van der Waals surface area contributed by atoms with Crippen LogP contribution in [0.3, 0.4) is 0 Å². The van der Waals surface area contributed by atoms with Gasteiger partial charge in [0.05, 0.1) is 0 Å². The van der Waals surface area contributed by atoms with Crippen LogP contribution in [0.1, 0.15) is 151 Å². The summed E-state index contributed by atoms with van der Waals surface area (Å²) in [4.78, 5) is 0.